The third kappa shape index (κ3) is 3.28. The molecule has 1 aromatic rings. The highest BCUT2D eigenvalue weighted by Gasteiger charge is 2.42. The van der Waals surface area contributed by atoms with Gasteiger partial charge in [0, 0.05) is 17.3 Å². The Hall–Kier alpha value is -2.56. The molecule has 122 valence electrons. The number of carbonyl (C=O) groups excluding carboxylic acids is 2. The molecule has 1 N–H and O–H groups in total. The molecule has 1 aliphatic rings. The largest absolute Gasteiger partial charge is 0.468 e. The summed E-state index contributed by atoms with van der Waals surface area (Å²) < 4.78 is 10.1. The maximum atomic E-state index is 12.5. The summed E-state index contributed by atoms with van der Waals surface area (Å²) in [6.07, 6.45) is 0. The van der Waals surface area contributed by atoms with Gasteiger partial charge in [-0.05, 0) is 19.4 Å². The standard InChI is InChI=1S/C18H21NO4/c1-5-23-18(21)15-12(3)19-11(2)14(17(20)22-4)16(15)13-9-7-6-8-10-13/h6-10,14,16,19H,2,5H2,1,3-4H3. The van der Waals surface area contributed by atoms with Gasteiger partial charge in [-0.15, -0.1) is 0 Å². The third-order valence-corrected chi connectivity index (χ3v) is 3.88. The molecule has 2 unspecified atom stereocenters. The summed E-state index contributed by atoms with van der Waals surface area (Å²) in [6.45, 7) is 7.72. The molecule has 0 spiro atoms. The summed E-state index contributed by atoms with van der Waals surface area (Å²) in [5.74, 6) is -2.06. The smallest absolute Gasteiger partial charge is 0.336 e. The maximum Gasteiger partial charge on any atom is 0.336 e. The summed E-state index contributed by atoms with van der Waals surface area (Å²) in [4.78, 5) is 24.7. The van der Waals surface area contributed by atoms with Gasteiger partial charge in [-0.3, -0.25) is 4.79 Å². The molecule has 0 bridgehead atoms. The number of esters is 2. The predicted molar refractivity (Wildman–Crippen MR) is 86.3 cm³/mol. The Bertz CT molecular complexity index is 648. The molecule has 0 saturated heterocycles. The lowest BCUT2D eigenvalue weighted by molar-refractivity contribution is -0.145. The van der Waals surface area contributed by atoms with Crippen LogP contribution >= 0.6 is 0 Å². The minimum absolute atomic E-state index is 0.265. The van der Waals surface area contributed by atoms with E-state index in [9.17, 15) is 9.59 Å². The number of ether oxygens (including phenoxy) is 2. The van der Waals surface area contributed by atoms with Crippen molar-refractivity contribution < 1.29 is 19.1 Å². The number of benzene rings is 1. The topological polar surface area (TPSA) is 64.6 Å². The molecule has 0 amide bonds. The predicted octanol–water partition coefficient (Wildman–Crippen LogP) is 2.51. The van der Waals surface area contributed by atoms with E-state index in [1.807, 2.05) is 30.3 Å². The quantitative estimate of drug-likeness (QED) is 0.865. The van der Waals surface area contributed by atoms with Gasteiger partial charge in [0.25, 0.3) is 0 Å². The molecule has 0 aromatic heterocycles. The van der Waals surface area contributed by atoms with Crippen LogP contribution in [-0.2, 0) is 19.1 Å². The minimum Gasteiger partial charge on any atom is -0.468 e. The SMILES string of the molecule is C=C1NC(C)=C(C(=O)OCC)C(c2ccccc2)C1C(=O)OC. The lowest BCUT2D eigenvalue weighted by atomic mass is 9.75. The number of nitrogens with one attached hydrogen (secondary N) is 1. The number of methoxy groups -OCH3 is 1. The minimum atomic E-state index is -0.689. The van der Waals surface area contributed by atoms with E-state index >= 15 is 0 Å². The van der Waals surface area contributed by atoms with E-state index in [1.165, 1.54) is 7.11 Å². The van der Waals surface area contributed by atoms with Crippen molar-refractivity contribution in [1.29, 1.82) is 0 Å². The first-order chi connectivity index (χ1) is 11.0. The Labute approximate surface area is 136 Å². The lowest BCUT2D eigenvalue weighted by Gasteiger charge is -2.34. The molecule has 0 radical (unpaired) electrons. The average molecular weight is 315 g/mol. The fraction of sp³-hybridized carbons (Fsp3) is 0.333. The zero-order valence-corrected chi connectivity index (χ0v) is 13.6. The summed E-state index contributed by atoms with van der Waals surface area (Å²) in [5, 5.41) is 3.02. The Kier molecular flexibility index (Phi) is 5.21. The summed E-state index contributed by atoms with van der Waals surface area (Å²) in [5.41, 5.74) is 2.42. The van der Waals surface area contributed by atoms with Crippen molar-refractivity contribution in [1.82, 2.24) is 5.32 Å². The van der Waals surface area contributed by atoms with Crippen molar-refractivity contribution in [2.45, 2.75) is 19.8 Å². The number of allylic oxidation sites excluding steroid dienone is 1. The summed E-state index contributed by atoms with van der Waals surface area (Å²) in [6, 6.07) is 9.38. The van der Waals surface area contributed by atoms with Gasteiger partial charge in [-0.1, -0.05) is 36.9 Å². The van der Waals surface area contributed by atoms with Crippen molar-refractivity contribution in [2.24, 2.45) is 5.92 Å². The van der Waals surface area contributed by atoms with Crippen molar-refractivity contribution >= 4 is 11.9 Å². The van der Waals surface area contributed by atoms with E-state index in [0.29, 0.717) is 17.0 Å². The van der Waals surface area contributed by atoms with Gasteiger partial charge in [-0.25, -0.2) is 4.79 Å². The van der Waals surface area contributed by atoms with Crippen molar-refractivity contribution in [2.75, 3.05) is 13.7 Å². The second kappa shape index (κ2) is 7.13. The van der Waals surface area contributed by atoms with Gasteiger partial charge in [0.1, 0.15) is 5.92 Å². The summed E-state index contributed by atoms with van der Waals surface area (Å²) >= 11 is 0. The molecule has 5 heteroatoms. The molecule has 5 nitrogen and oxygen atoms in total. The zero-order chi connectivity index (χ0) is 17.0. The molecular weight excluding hydrogens is 294 g/mol. The van der Waals surface area contributed by atoms with Crippen molar-refractivity contribution in [3.05, 3.63) is 59.4 Å². The highest BCUT2D eigenvalue weighted by Crippen LogP contribution is 2.41. The van der Waals surface area contributed by atoms with Gasteiger partial charge < -0.3 is 14.8 Å². The first-order valence-electron chi connectivity index (χ1n) is 7.47. The van der Waals surface area contributed by atoms with Crippen LogP contribution in [-0.4, -0.2) is 25.7 Å². The Morgan fingerprint density at radius 2 is 1.91 bits per heavy atom. The molecular formula is C18H21NO4. The second-order valence-electron chi connectivity index (χ2n) is 5.30. The Morgan fingerprint density at radius 1 is 1.26 bits per heavy atom. The van der Waals surface area contributed by atoms with Crippen LogP contribution in [0.2, 0.25) is 0 Å². The highest BCUT2D eigenvalue weighted by molar-refractivity contribution is 5.94. The van der Waals surface area contributed by atoms with Crippen molar-refractivity contribution in [3.8, 4) is 0 Å². The van der Waals surface area contributed by atoms with Gasteiger partial charge in [0.2, 0.25) is 0 Å². The van der Waals surface area contributed by atoms with E-state index in [-0.39, 0.29) is 6.61 Å². The molecule has 0 fully saturated rings. The molecule has 1 heterocycles. The third-order valence-electron chi connectivity index (χ3n) is 3.88. The van der Waals surface area contributed by atoms with E-state index in [1.54, 1.807) is 13.8 Å². The molecule has 2 rings (SSSR count). The van der Waals surface area contributed by atoms with Crippen LogP contribution in [0.5, 0.6) is 0 Å². The monoisotopic (exact) mass is 315 g/mol. The fourth-order valence-corrected chi connectivity index (χ4v) is 2.90. The number of hydrogen-bond acceptors (Lipinski definition) is 5. The van der Waals surface area contributed by atoms with Crippen LogP contribution in [0.4, 0.5) is 0 Å². The molecule has 1 aromatic carbocycles. The fourth-order valence-electron chi connectivity index (χ4n) is 2.90. The van der Waals surface area contributed by atoms with Crippen LogP contribution in [0.15, 0.2) is 53.9 Å². The normalized spacial score (nSPS) is 20.7. The Morgan fingerprint density at radius 3 is 2.48 bits per heavy atom. The Balaban J connectivity index is 2.60. The lowest BCUT2D eigenvalue weighted by Crippen LogP contribution is -2.39. The number of hydrogen-bond donors (Lipinski definition) is 1. The van der Waals surface area contributed by atoms with Crippen LogP contribution in [0.25, 0.3) is 0 Å². The summed E-state index contributed by atoms with van der Waals surface area (Å²) in [7, 11) is 1.33. The van der Waals surface area contributed by atoms with Gasteiger partial charge in [0.05, 0.1) is 19.3 Å². The van der Waals surface area contributed by atoms with Crippen LogP contribution in [0, 0.1) is 5.92 Å². The maximum absolute atomic E-state index is 12.5. The van der Waals surface area contributed by atoms with Gasteiger partial charge in [-0.2, -0.15) is 0 Å². The highest BCUT2D eigenvalue weighted by atomic mass is 16.5. The average Bonchev–Trinajstić information content (AvgIpc) is 2.54. The van der Waals surface area contributed by atoms with Crippen LogP contribution < -0.4 is 5.32 Å². The van der Waals surface area contributed by atoms with Gasteiger partial charge in [0.15, 0.2) is 0 Å². The number of rotatable bonds is 4. The van der Waals surface area contributed by atoms with Gasteiger partial charge >= 0.3 is 11.9 Å². The zero-order valence-electron chi connectivity index (χ0n) is 13.6. The van der Waals surface area contributed by atoms with E-state index in [4.69, 9.17) is 9.47 Å². The van der Waals surface area contributed by atoms with E-state index < -0.39 is 23.8 Å². The molecule has 0 aliphatic carbocycles. The molecule has 2 atom stereocenters. The first kappa shape index (κ1) is 16.8. The van der Waals surface area contributed by atoms with E-state index in [0.717, 1.165) is 5.56 Å². The number of carbonyl (C=O) groups is 2. The van der Waals surface area contributed by atoms with E-state index in [2.05, 4.69) is 11.9 Å². The first-order valence-corrected chi connectivity index (χ1v) is 7.47. The van der Waals surface area contributed by atoms with Crippen LogP contribution in [0.3, 0.4) is 0 Å². The molecule has 1 aliphatic heterocycles. The second-order valence-corrected chi connectivity index (χ2v) is 5.30. The molecule has 0 saturated carbocycles. The van der Waals surface area contributed by atoms with Crippen molar-refractivity contribution in [3.63, 3.8) is 0 Å². The van der Waals surface area contributed by atoms with Crippen LogP contribution in [0.1, 0.15) is 25.3 Å². The molecule has 23 heavy (non-hydrogen) atoms.